The molecule has 1 saturated heterocycles. The molecule has 0 radical (unpaired) electrons. The Balaban J connectivity index is 1.88. The minimum Gasteiger partial charge on any atom is -0.459 e. The second-order valence-electron chi connectivity index (χ2n) is 4.33. The first-order valence-corrected chi connectivity index (χ1v) is 5.83. The molecule has 18 heavy (non-hydrogen) atoms. The van der Waals surface area contributed by atoms with Gasteiger partial charge in [-0.15, -0.1) is 0 Å². The Hall–Kier alpha value is -1.37. The molecule has 1 aliphatic rings. The minimum atomic E-state index is -1.02. The summed E-state index contributed by atoms with van der Waals surface area (Å²) in [6.07, 6.45) is -2.64. The summed E-state index contributed by atoms with van der Waals surface area (Å²) in [5, 5.41) is 19.1. The molecule has 6 heteroatoms. The van der Waals surface area contributed by atoms with E-state index in [1.807, 2.05) is 0 Å². The van der Waals surface area contributed by atoms with Crippen LogP contribution in [-0.2, 0) is 9.47 Å². The zero-order valence-electron chi connectivity index (χ0n) is 10.0. The van der Waals surface area contributed by atoms with Gasteiger partial charge in [-0.2, -0.15) is 0 Å². The molecule has 0 spiro atoms. The SMILES string of the molecule is B[C@@H]1O[C@H](COC(=O)c2ccccc2)C(O)C1O. The smallest absolute Gasteiger partial charge is 0.338 e. The molecule has 5 nitrogen and oxygen atoms in total. The summed E-state index contributed by atoms with van der Waals surface area (Å²) in [6, 6.07) is 8.11. The number of rotatable bonds is 3. The van der Waals surface area contributed by atoms with Gasteiger partial charge in [0.25, 0.3) is 0 Å². The first-order valence-electron chi connectivity index (χ1n) is 5.83. The Morgan fingerprint density at radius 3 is 2.50 bits per heavy atom. The summed E-state index contributed by atoms with van der Waals surface area (Å²) in [7, 11) is 1.66. The van der Waals surface area contributed by atoms with Crippen molar-refractivity contribution in [3.63, 3.8) is 0 Å². The third kappa shape index (κ3) is 2.72. The molecule has 2 N–H and O–H groups in total. The lowest BCUT2D eigenvalue weighted by atomic mass is 9.93. The fourth-order valence-corrected chi connectivity index (χ4v) is 1.89. The van der Waals surface area contributed by atoms with Gasteiger partial charge in [0.2, 0.25) is 0 Å². The second-order valence-corrected chi connectivity index (χ2v) is 4.33. The van der Waals surface area contributed by atoms with E-state index in [9.17, 15) is 15.0 Å². The van der Waals surface area contributed by atoms with Crippen molar-refractivity contribution < 1.29 is 24.5 Å². The number of aliphatic hydroxyl groups is 2. The van der Waals surface area contributed by atoms with Crippen LogP contribution in [0.5, 0.6) is 0 Å². The van der Waals surface area contributed by atoms with Crippen molar-refractivity contribution >= 4 is 13.8 Å². The van der Waals surface area contributed by atoms with Gasteiger partial charge in [-0.3, -0.25) is 0 Å². The Kier molecular flexibility index (Phi) is 4.01. The zero-order valence-corrected chi connectivity index (χ0v) is 10.0. The van der Waals surface area contributed by atoms with Crippen LogP contribution < -0.4 is 0 Å². The van der Waals surface area contributed by atoms with Gasteiger partial charge in [0.1, 0.15) is 32.8 Å². The molecule has 1 heterocycles. The van der Waals surface area contributed by atoms with E-state index in [0.29, 0.717) is 5.56 Å². The lowest BCUT2D eigenvalue weighted by Gasteiger charge is -2.14. The molecule has 96 valence electrons. The van der Waals surface area contributed by atoms with E-state index < -0.39 is 30.3 Å². The number of hydrogen-bond donors (Lipinski definition) is 2. The quantitative estimate of drug-likeness (QED) is 0.527. The summed E-state index contributed by atoms with van der Waals surface area (Å²) in [5.74, 6) is -0.472. The summed E-state index contributed by atoms with van der Waals surface area (Å²) >= 11 is 0. The fraction of sp³-hybridized carbons (Fsp3) is 0.417. The van der Waals surface area contributed by atoms with Crippen LogP contribution in [0.3, 0.4) is 0 Å². The maximum absolute atomic E-state index is 11.6. The van der Waals surface area contributed by atoms with Crippen molar-refractivity contribution in [1.82, 2.24) is 0 Å². The van der Waals surface area contributed by atoms with E-state index in [1.54, 1.807) is 38.2 Å². The van der Waals surface area contributed by atoms with Crippen molar-refractivity contribution in [2.24, 2.45) is 0 Å². The third-order valence-corrected chi connectivity index (χ3v) is 2.99. The lowest BCUT2D eigenvalue weighted by molar-refractivity contribution is -0.0231. The third-order valence-electron chi connectivity index (χ3n) is 2.99. The number of carbonyl (C=O) groups is 1. The lowest BCUT2D eigenvalue weighted by Crippen LogP contribution is -2.34. The van der Waals surface area contributed by atoms with Crippen LogP contribution in [0.4, 0.5) is 0 Å². The largest absolute Gasteiger partial charge is 0.459 e. The molecular formula is C12H15BO5. The number of ether oxygens (including phenoxy) is 2. The van der Waals surface area contributed by atoms with Crippen molar-refractivity contribution in [1.29, 1.82) is 0 Å². The summed E-state index contributed by atoms with van der Waals surface area (Å²) < 4.78 is 10.3. The summed E-state index contributed by atoms with van der Waals surface area (Å²) in [6.45, 7) is -0.0731. The number of aliphatic hydroxyl groups excluding tert-OH is 2. The molecular weight excluding hydrogens is 235 g/mol. The van der Waals surface area contributed by atoms with Crippen molar-refractivity contribution in [3.8, 4) is 0 Å². The molecule has 0 aromatic heterocycles. The van der Waals surface area contributed by atoms with Crippen molar-refractivity contribution in [3.05, 3.63) is 35.9 Å². The Bertz CT molecular complexity index is 410. The van der Waals surface area contributed by atoms with E-state index in [0.717, 1.165) is 0 Å². The normalized spacial score (nSPS) is 31.2. The number of benzene rings is 1. The maximum Gasteiger partial charge on any atom is 0.338 e. The standard InChI is InChI=1S/C12H15BO5/c13-11-10(15)9(14)8(18-11)6-17-12(16)7-4-2-1-3-5-7/h1-5,8-11,14-15H,6,13H2/t8-,9?,10?,11-/m1/s1. The van der Waals surface area contributed by atoms with Crippen LogP contribution in [-0.4, -0.2) is 55.0 Å². The molecule has 0 aliphatic carbocycles. The van der Waals surface area contributed by atoms with Gasteiger partial charge >= 0.3 is 5.97 Å². The van der Waals surface area contributed by atoms with E-state index >= 15 is 0 Å². The van der Waals surface area contributed by atoms with Crippen LogP contribution >= 0.6 is 0 Å². The summed E-state index contributed by atoms with van der Waals surface area (Å²) in [5.41, 5.74) is 0.443. The first-order chi connectivity index (χ1) is 8.59. The average Bonchev–Trinajstić information content (AvgIpc) is 2.64. The molecule has 0 amide bonds. The molecule has 2 unspecified atom stereocenters. The van der Waals surface area contributed by atoms with Gasteiger partial charge < -0.3 is 19.7 Å². The highest BCUT2D eigenvalue weighted by atomic mass is 16.6. The highest BCUT2D eigenvalue weighted by molar-refractivity contribution is 6.11. The van der Waals surface area contributed by atoms with E-state index in [2.05, 4.69) is 0 Å². The number of hydrogen-bond acceptors (Lipinski definition) is 5. The van der Waals surface area contributed by atoms with E-state index in [-0.39, 0.29) is 6.61 Å². The highest BCUT2D eigenvalue weighted by Gasteiger charge is 2.40. The molecule has 2 rings (SSSR count). The molecule has 1 aromatic rings. The Labute approximate surface area is 106 Å². The molecule has 1 fully saturated rings. The number of carbonyl (C=O) groups excluding carboxylic acids is 1. The van der Waals surface area contributed by atoms with Crippen molar-refractivity contribution in [2.75, 3.05) is 6.61 Å². The van der Waals surface area contributed by atoms with Crippen molar-refractivity contribution in [2.45, 2.75) is 24.3 Å². The van der Waals surface area contributed by atoms with Gasteiger partial charge in [-0.1, -0.05) is 18.2 Å². The Morgan fingerprint density at radius 2 is 1.94 bits per heavy atom. The van der Waals surface area contributed by atoms with Crippen LogP contribution in [0.1, 0.15) is 10.4 Å². The molecule has 0 saturated carbocycles. The van der Waals surface area contributed by atoms with E-state index in [1.165, 1.54) is 0 Å². The summed E-state index contributed by atoms with van der Waals surface area (Å²) in [4.78, 5) is 11.6. The van der Waals surface area contributed by atoms with Gasteiger partial charge in [-0.25, -0.2) is 4.79 Å². The molecule has 4 atom stereocenters. The predicted octanol–water partition coefficient (Wildman–Crippen LogP) is -1.08. The molecule has 0 bridgehead atoms. The highest BCUT2D eigenvalue weighted by Crippen LogP contribution is 2.19. The topological polar surface area (TPSA) is 76.0 Å². The van der Waals surface area contributed by atoms with Gasteiger partial charge in [0.15, 0.2) is 0 Å². The van der Waals surface area contributed by atoms with Gasteiger partial charge in [0.05, 0.1) is 11.6 Å². The minimum absolute atomic E-state index is 0.0731. The fourth-order valence-electron chi connectivity index (χ4n) is 1.89. The zero-order chi connectivity index (χ0) is 13.1. The average molecular weight is 250 g/mol. The maximum atomic E-state index is 11.6. The molecule has 1 aromatic carbocycles. The van der Waals surface area contributed by atoms with E-state index in [4.69, 9.17) is 9.47 Å². The first kappa shape index (κ1) is 13.1. The second kappa shape index (κ2) is 5.52. The van der Waals surface area contributed by atoms with Gasteiger partial charge in [-0.05, 0) is 12.1 Å². The van der Waals surface area contributed by atoms with Crippen LogP contribution in [0.15, 0.2) is 30.3 Å². The monoisotopic (exact) mass is 250 g/mol. The van der Waals surface area contributed by atoms with Gasteiger partial charge in [0, 0.05) is 0 Å². The predicted molar refractivity (Wildman–Crippen MR) is 65.9 cm³/mol. The number of esters is 1. The molecule has 1 aliphatic heterocycles. The van der Waals surface area contributed by atoms with Crippen LogP contribution in [0.2, 0.25) is 0 Å². The van der Waals surface area contributed by atoms with Crippen LogP contribution in [0, 0.1) is 0 Å². The van der Waals surface area contributed by atoms with Crippen LogP contribution in [0.25, 0.3) is 0 Å². The Morgan fingerprint density at radius 1 is 1.28 bits per heavy atom.